The smallest absolute Gasteiger partial charge is 0.331 e. The lowest BCUT2D eigenvalue weighted by molar-refractivity contribution is 0.204. The van der Waals surface area contributed by atoms with Gasteiger partial charge < -0.3 is 5.32 Å². The summed E-state index contributed by atoms with van der Waals surface area (Å²) in [5.74, 6) is 0. The van der Waals surface area contributed by atoms with E-state index in [1.54, 1.807) is 12.4 Å². The molecule has 6 nitrogen and oxygen atoms in total. The van der Waals surface area contributed by atoms with Crippen LogP contribution in [0.3, 0.4) is 0 Å². The van der Waals surface area contributed by atoms with Gasteiger partial charge in [0.05, 0.1) is 36.4 Å². The Morgan fingerprint density at radius 1 is 1.17 bits per heavy atom. The van der Waals surface area contributed by atoms with Crippen LogP contribution in [0.2, 0.25) is 0 Å². The van der Waals surface area contributed by atoms with E-state index in [1.165, 1.54) is 10.6 Å². The number of carbonyl (C=O) groups excluding carboxylic acids is 1. The van der Waals surface area contributed by atoms with Gasteiger partial charge in [0.1, 0.15) is 0 Å². The maximum absolute atomic E-state index is 12.2. The summed E-state index contributed by atoms with van der Waals surface area (Å²) in [5.41, 5.74) is 4.80. The van der Waals surface area contributed by atoms with Crippen molar-refractivity contribution in [1.29, 1.82) is 0 Å². The topological polar surface area (TPSA) is 70.5 Å². The van der Waals surface area contributed by atoms with E-state index < -0.39 is 0 Å². The highest BCUT2D eigenvalue weighted by Crippen LogP contribution is 2.14. The van der Waals surface area contributed by atoms with Crippen LogP contribution in [0.5, 0.6) is 0 Å². The number of urea groups is 1. The quantitative estimate of drug-likeness (QED) is 0.946. The molecule has 0 saturated heterocycles. The lowest BCUT2D eigenvalue weighted by Gasteiger charge is -2.12. The number of aryl methyl sites for hydroxylation is 2. The van der Waals surface area contributed by atoms with Gasteiger partial charge in [0.15, 0.2) is 0 Å². The van der Waals surface area contributed by atoms with Gasteiger partial charge in [-0.1, -0.05) is 29.8 Å². The Hall–Kier alpha value is -2.76. The number of rotatable bonds is 3. The van der Waals surface area contributed by atoms with E-state index in [1.807, 2.05) is 26.0 Å². The van der Waals surface area contributed by atoms with Gasteiger partial charge in [0.2, 0.25) is 0 Å². The molecule has 3 rings (SSSR count). The zero-order chi connectivity index (χ0) is 16.2. The van der Waals surface area contributed by atoms with Gasteiger partial charge in [-0.15, -0.1) is 0 Å². The molecule has 1 aliphatic heterocycles. The van der Waals surface area contributed by atoms with E-state index in [2.05, 4.69) is 32.5 Å². The summed E-state index contributed by atoms with van der Waals surface area (Å²) in [7, 11) is 0. The predicted octanol–water partition coefficient (Wildman–Crippen LogP) is 2.41. The molecule has 23 heavy (non-hydrogen) atoms. The van der Waals surface area contributed by atoms with Crippen LogP contribution >= 0.6 is 0 Å². The fraction of sp³-hybridized carbons (Fsp3) is 0.294. The number of hydrogen-bond donors (Lipinski definition) is 1. The van der Waals surface area contributed by atoms with Crippen LogP contribution in [0, 0.1) is 13.8 Å². The minimum absolute atomic E-state index is 0.213. The van der Waals surface area contributed by atoms with Crippen LogP contribution in [0.1, 0.15) is 28.9 Å². The van der Waals surface area contributed by atoms with Gasteiger partial charge in [-0.05, 0) is 19.4 Å². The van der Waals surface area contributed by atoms with Gasteiger partial charge in [-0.3, -0.25) is 9.97 Å². The maximum Gasteiger partial charge on any atom is 0.338 e. The fourth-order valence-corrected chi connectivity index (χ4v) is 2.32. The van der Waals surface area contributed by atoms with E-state index in [4.69, 9.17) is 0 Å². The number of hydrazone groups is 1. The van der Waals surface area contributed by atoms with E-state index in [0.717, 1.165) is 29.1 Å². The highest BCUT2D eigenvalue weighted by molar-refractivity contribution is 6.02. The molecule has 2 amide bonds. The molecule has 1 N–H and O–H groups in total. The van der Waals surface area contributed by atoms with E-state index in [9.17, 15) is 4.79 Å². The summed E-state index contributed by atoms with van der Waals surface area (Å²) >= 11 is 0. The van der Waals surface area contributed by atoms with Crippen molar-refractivity contribution in [3.8, 4) is 0 Å². The van der Waals surface area contributed by atoms with E-state index in [-0.39, 0.29) is 6.03 Å². The van der Waals surface area contributed by atoms with Gasteiger partial charge >= 0.3 is 6.03 Å². The largest absolute Gasteiger partial charge is 0.338 e. The van der Waals surface area contributed by atoms with Crippen LogP contribution in [0.25, 0.3) is 0 Å². The first-order valence-corrected chi connectivity index (χ1v) is 7.59. The van der Waals surface area contributed by atoms with E-state index >= 15 is 0 Å². The van der Waals surface area contributed by atoms with E-state index in [0.29, 0.717) is 13.1 Å². The van der Waals surface area contributed by atoms with Gasteiger partial charge in [0.25, 0.3) is 0 Å². The Balaban J connectivity index is 1.60. The number of hydrogen-bond acceptors (Lipinski definition) is 4. The van der Waals surface area contributed by atoms with Crippen molar-refractivity contribution in [3.63, 3.8) is 0 Å². The van der Waals surface area contributed by atoms with Crippen molar-refractivity contribution in [2.75, 3.05) is 6.54 Å². The van der Waals surface area contributed by atoms with Crippen molar-refractivity contribution in [1.82, 2.24) is 20.3 Å². The Morgan fingerprint density at radius 3 is 2.65 bits per heavy atom. The normalized spacial score (nSPS) is 13.8. The predicted molar refractivity (Wildman–Crippen MR) is 88.0 cm³/mol. The van der Waals surface area contributed by atoms with Gasteiger partial charge in [-0.25, -0.2) is 9.80 Å². The molecule has 0 aliphatic carbocycles. The van der Waals surface area contributed by atoms with Gasteiger partial charge in [0, 0.05) is 12.6 Å². The van der Waals surface area contributed by atoms with Crippen molar-refractivity contribution in [2.24, 2.45) is 5.10 Å². The van der Waals surface area contributed by atoms with Crippen molar-refractivity contribution < 1.29 is 4.79 Å². The minimum Gasteiger partial charge on any atom is -0.331 e. The Morgan fingerprint density at radius 2 is 1.96 bits per heavy atom. The zero-order valence-electron chi connectivity index (χ0n) is 13.3. The second-order valence-corrected chi connectivity index (χ2v) is 5.59. The Bertz CT molecular complexity index is 722. The molecule has 0 radical (unpaired) electrons. The third-order valence-corrected chi connectivity index (χ3v) is 3.68. The average molecular weight is 309 g/mol. The third kappa shape index (κ3) is 3.71. The standard InChI is InChI=1S/C17H19N5O/c1-12-3-5-14(6-4-12)16-7-8-22(21-16)17(23)20-11-15-10-18-13(2)9-19-15/h3-6,9-10H,7-8,11H2,1-2H3,(H,20,23). The number of nitrogens with one attached hydrogen (secondary N) is 1. The van der Waals surface area contributed by atoms with Crippen LogP contribution in [0.4, 0.5) is 4.79 Å². The van der Waals surface area contributed by atoms with Crippen LogP contribution < -0.4 is 5.32 Å². The first kappa shape index (κ1) is 15.1. The SMILES string of the molecule is Cc1ccc(C2=NN(C(=O)NCc3cnc(C)cn3)CC2)cc1. The molecule has 0 atom stereocenters. The second-order valence-electron chi connectivity index (χ2n) is 5.59. The van der Waals surface area contributed by atoms with Crippen molar-refractivity contribution in [3.05, 3.63) is 59.2 Å². The fourth-order valence-electron chi connectivity index (χ4n) is 2.32. The summed E-state index contributed by atoms with van der Waals surface area (Å²) in [6.07, 6.45) is 4.12. The molecular weight excluding hydrogens is 290 g/mol. The molecule has 0 spiro atoms. The van der Waals surface area contributed by atoms with Crippen molar-refractivity contribution >= 4 is 11.7 Å². The number of aromatic nitrogens is 2. The summed E-state index contributed by atoms with van der Waals surface area (Å²) in [6, 6.07) is 7.97. The van der Waals surface area contributed by atoms with Crippen molar-refractivity contribution in [2.45, 2.75) is 26.8 Å². The molecule has 0 unspecified atom stereocenters. The molecular formula is C17H19N5O. The monoisotopic (exact) mass is 309 g/mol. The molecule has 0 saturated carbocycles. The third-order valence-electron chi connectivity index (χ3n) is 3.68. The first-order valence-electron chi connectivity index (χ1n) is 7.59. The molecule has 2 aromatic rings. The number of benzene rings is 1. The Labute approximate surface area is 135 Å². The van der Waals surface area contributed by atoms with Crippen LogP contribution in [-0.4, -0.2) is 33.3 Å². The molecule has 118 valence electrons. The molecule has 0 fully saturated rings. The molecule has 0 bridgehead atoms. The highest BCUT2D eigenvalue weighted by Gasteiger charge is 2.21. The van der Waals surface area contributed by atoms with Crippen LogP contribution in [-0.2, 0) is 6.54 Å². The average Bonchev–Trinajstić information content (AvgIpc) is 3.05. The highest BCUT2D eigenvalue weighted by atomic mass is 16.2. The molecule has 1 aromatic carbocycles. The summed E-state index contributed by atoms with van der Waals surface area (Å²) < 4.78 is 0. The maximum atomic E-state index is 12.2. The summed E-state index contributed by atoms with van der Waals surface area (Å²) in [5, 5.41) is 8.70. The summed E-state index contributed by atoms with van der Waals surface area (Å²) in [4.78, 5) is 20.6. The molecule has 6 heteroatoms. The molecule has 1 aromatic heterocycles. The summed E-state index contributed by atoms with van der Waals surface area (Å²) in [6.45, 7) is 4.86. The lowest BCUT2D eigenvalue weighted by Crippen LogP contribution is -2.35. The number of carbonyl (C=O) groups is 1. The zero-order valence-corrected chi connectivity index (χ0v) is 13.3. The van der Waals surface area contributed by atoms with Crippen LogP contribution in [0.15, 0.2) is 41.8 Å². The molecule has 1 aliphatic rings. The Kier molecular flexibility index (Phi) is 4.32. The lowest BCUT2D eigenvalue weighted by atomic mass is 10.1. The van der Waals surface area contributed by atoms with Gasteiger partial charge in [-0.2, -0.15) is 5.10 Å². The minimum atomic E-state index is -0.213. The number of amides is 2. The number of nitrogens with zero attached hydrogens (tertiary/aromatic N) is 4. The first-order chi connectivity index (χ1) is 11.1. The molecule has 2 heterocycles. The second kappa shape index (κ2) is 6.56.